The van der Waals surface area contributed by atoms with Crippen molar-refractivity contribution in [3.63, 3.8) is 0 Å². The van der Waals surface area contributed by atoms with Crippen LogP contribution in [0.1, 0.15) is 95.5 Å². The summed E-state index contributed by atoms with van der Waals surface area (Å²) >= 11 is 0. The maximum Gasteiger partial charge on any atom is 0.247 e. The highest BCUT2D eigenvalue weighted by atomic mass is 16.5. The molecule has 1 aromatic rings. The Morgan fingerprint density at radius 3 is 2.39 bits per heavy atom. The summed E-state index contributed by atoms with van der Waals surface area (Å²) in [4.78, 5) is 28.6. The molecule has 1 aliphatic heterocycles. The van der Waals surface area contributed by atoms with Crippen LogP contribution in [0.25, 0.3) is 0 Å². The molecule has 1 fully saturated rings. The molecular formula is C31H46N2O5. The number of amides is 2. The van der Waals surface area contributed by atoms with Gasteiger partial charge in [-0.15, -0.1) is 0 Å². The van der Waals surface area contributed by atoms with Crippen molar-refractivity contribution in [1.82, 2.24) is 10.2 Å². The van der Waals surface area contributed by atoms with E-state index in [1.807, 2.05) is 29.2 Å². The van der Waals surface area contributed by atoms with E-state index in [1.54, 1.807) is 6.08 Å². The van der Waals surface area contributed by atoms with Crippen LogP contribution in [0.4, 0.5) is 0 Å². The van der Waals surface area contributed by atoms with Crippen molar-refractivity contribution < 1.29 is 24.5 Å². The van der Waals surface area contributed by atoms with E-state index >= 15 is 0 Å². The second-order valence-corrected chi connectivity index (χ2v) is 11.2. The molecule has 210 valence electrons. The zero-order chi connectivity index (χ0) is 26.9. The van der Waals surface area contributed by atoms with Gasteiger partial charge in [0.2, 0.25) is 11.8 Å². The van der Waals surface area contributed by atoms with Crippen LogP contribution in [0.3, 0.4) is 0 Å². The van der Waals surface area contributed by atoms with Crippen molar-refractivity contribution in [3.8, 4) is 5.75 Å². The Morgan fingerprint density at radius 2 is 1.71 bits per heavy atom. The van der Waals surface area contributed by atoms with Crippen LogP contribution < -0.4 is 10.1 Å². The normalized spacial score (nSPS) is 23.7. The number of carbonyl (C=O) groups excluding carboxylic acids is 2. The molecule has 0 unspecified atom stereocenters. The maximum absolute atomic E-state index is 13.5. The fourth-order valence-electron chi connectivity index (χ4n) is 5.89. The first-order valence-corrected chi connectivity index (χ1v) is 14.9. The summed E-state index contributed by atoms with van der Waals surface area (Å²) in [6.45, 7) is 2.82. The number of unbranched alkanes of at least 4 members (excludes halogenated alkanes) is 8. The molecule has 1 heterocycles. The van der Waals surface area contributed by atoms with Crippen molar-refractivity contribution in [2.24, 2.45) is 5.92 Å². The largest absolute Gasteiger partial charge is 0.486 e. The van der Waals surface area contributed by atoms with Crippen LogP contribution in [-0.4, -0.2) is 64.9 Å². The molecule has 38 heavy (non-hydrogen) atoms. The number of rotatable bonds is 16. The summed E-state index contributed by atoms with van der Waals surface area (Å²) in [5.41, 5.74) is 1.37. The highest BCUT2D eigenvalue weighted by Gasteiger charge is 2.50. The highest BCUT2D eigenvalue weighted by molar-refractivity contribution is 5.96. The zero-order valence-corrected chi connectivity index (χ0v) is 22.9. The molecule has 2 aliphatic carbocycles. The average Bonchev–Trinajstić information content (AvgIpc) is 3.67. The summed E-state index contributed by atoms with van der Waals surface area (Å²) in [5, 5.41) is 23.6. The van der Waals surface area contributed by atoms with Crippen molar-refractivity contribution >= 4 is 11.8 Å². The number of ether oxygens (including phenoxy) is 1. The van der Waals surface area contributed by atoms with Gasteiger partial charge >= 0.3 is 0 Å². The molecule has 3 aliphatic rings. The summed E-state index contributed by atoms with van der Waals surface area (Å²) < 4.78 is 6.19. The molecule has 0 aromatic heterocycles. The van der Waals surface area contributed by atoms with Gasteiger partial charge in [-0.05, 0) is 37.3 Å². The lowest BCUT2D eigenvalue weighted by Crippen LogP contribution is -2.56. The van der Waals surface area contributed by atoms with Crippen molar-refractivity contribution in [1.29, 1.82) is 0 Å². The van der Waals surface area contributed by atoms with Crippen LogP contribution in [0.5, 0.6) is 5.75 Å². The predicted molar refractivity (Wildman–Crippen MR) is 148 cm³/mol. The fraction of sp³-hybridized carbons (Fsp3) is 0.677. The first-order chi connectivity index (χ1) is 18.5. The molecule has 1 saturated carbocycles. The number of para-hydroxylation sites is 1. The standard InChI is InChI=1S/C31H46N2O5/c1-2-3-4-5-6-7-8-9-10-15-27(35)33(21-22-16-17-22)25-20-24(31(37)32-18-19-34)28-23-13-11-12-14-26(23)38-30(28)29(25)36/h11-14,20,22,25,28-30,34,36H,2-10,15-19,21H2,1H3,(H,32,37)/t25-,28+,29+,30+/m1/s1. The van der Waals surface area contributed by atoms with Gasteiger partial charge in [-0.25, -0.2) is 0 Å². The lowest BCUT2D eigenvalue weighted by atomic mass is 9.77. The number of hydrogen-bond donors (Lipinski definition) is 3. The van der Waals surface area contributed by atoms with E-state index in [-0.39, 0.29) is 25.0 Å². The summed E-state index contributed by atoms with van der Waals surface area (Å²) in [6, 6.07) is 6.95. The van der Waals surface area contributed by atoms with Crippen molar-refractivity contribution in [3.05, 3.63) is 41.5 Å². The molecule has 7 nitrogen and oxygen atoms in total. The summed E-state index contributed by atoms with van der Waals surface area (Å²) in [5.74, 6) is 0.464. The highest BCUT2D eigenvalue weighted by Crippen LogP contribution is 2.47. The Bertz CT molecular complexity index is 959. The number of benzene rings is 1. The average molecular weight is 527 g/mol. The molecule has 4 rings (SSSR count). The van der Waals surface area contributed by atoms with Crippen LogP contribution >= 0.6 is 0 Å². The number of hydrogen-bond acceptors (Lipinski definition) is 5. The Hall–Kier alpha value is -2.38. The van der Waals surface area contributed by atoms with E-state index in [0.29, 0.717) is 30.2 Å². The number of fused-ring (bicyclic) bond motifs is 3. The maximum atomic E-state index is 13.5. The molecule has 3 N–H and O–H groups in total. The van der Waals surface area contributed by atoms with Gasteiger partial charge < -0.3 is 25.2 Å². The first-order valence-electron chi connectivity index (χ1n) is 14.9. The molecule has 2 amide bonds. The van der Waals surface area contributed by atoms with Gasteiger partial charge in [-0.1, -0.05) is 76.5 Å². The van der Waals surface area contributed by atoms with Gasteiger partial charge in [-0.3, -0.25) is 9.59 Å². The number of nitrogens with zero attached hydrogens (tertiary/aromatic N) is 1. The predicted octanol–water partition coefficient (Wildman–Crippen LogP) is 4.47. The lowest BCUT2D eigenvalue weighted by Gasteiger charge is -2.41. The van der Waals surface area contributed by atoms with Crippen LogP contribution in [-0.2, 0) is 9.59 Å². The van der Waals surface area contributed by atoms with Crippen LogP contribution in [0.15, 0.2) is 35.9 Å². The van der Waals surface area contributed by atoms with Crippen molar-refractivity contribution in [2.75, 3.05) is 19.7 Å². The molecule has 4 atom stereocenters. The van der Waals surface area contributed by atoms with Crippen LogP contribution in [0.2, 0.25) is 0 Å². The summed E-state index contributed by atoms with van der Waals surface area (Å²) in [7, 11) is 0. The van der Waals surface area contributed by atoms with Gasteiger partial charge in [0, 0.05) is 30.6 Å². The molecular weight excluding hydrogens is 480 g/mol. The Morgan fingerprint density at radius 1 is 1.03 bits per heavy atom. The van der Waals surface area contributed by atoms with E-state index in [9.17, 15) is 19.8 Å². The fourth-order valence-corrected chi connectivity index (χ4v) is 5.89. The minimum absolute atomic E-state index is 0.0456. The van der Waals surface area contributed by atoms with E-state index in [1.165, 1.54) is 38.5 Å². The smallest absolute Gasteiger partial charge is 0.247 e. The Labute approximate surface area is 227 Å². The molecule has 0 saturated heterocycles. The van der Waals surface area contributed by atoms with Gasteiger partial charge in [0.05, 0.1) is 18.6 Å². The molecule has 0 radical (unpaired) electrons. The molecule has 0 spiro atoms. The van der Waals surface area contributed by atoms with E-state index in [4.69, 9.17) is 4.74 Å². The van der Waals surface area contributed by atoms with E-state index in [0.717, 1.165) is 37.7 Å². The topological polar surface area (TPSA) is 99.1 Å². The molecule has 7 heteroatoms. The SMILES string of the molecule is CCCCCCCCCCCC(=O)N(CC1CC1)[C@@H]1C=C(C(=O)NCCO)[C@@H]2c3ccccc3O[C@@H]2[C@H]1O. The lowest BCUT2D eigenvalue weighted by molar-refractivity contribution is -0.137. The zero-order valence-electron chi connectivity index (χ0n) is 22.9. The monoisotopic (exact) mass is 526 g/mol. The molecule has 1 aromatic carbocycles. The second kappa shape index (κ2) is 14.1. The Balaban J connectivity index is 1.44. The number of carbonyl (C=O) groups is 2. The third kappa shape index (κ3) is 7.17. The van der Waals surface area contributed by atoms with Gasteiger partial charge in [0.15, 0.2) is 0 Å². The third-order valence-corrected chi connectivity index (χ3v) is 8.20. The number of aliphatic hydroxyl groups excluding tert-OH is 2. The Kier molecular flexibility index (Phi) is 10.6. The number of aliphatic hydroxyl groups is 2. The third-order valence-electron chi connectivity index (χ3n) is 8.20. The second-order valence-electron chi connectivity index (χ2n) is 11.2. The van der Waals surface area contributed by atoms with Gasteiger partial charge in [0.1, 0.15) is 18.0 Å². The van der Waals surface area contributed by atoms with Crippen molar-refractivity contribution in [2.45, 2.75) is 108 Å². The van der Waals surface area contributed by atoms with E-state index in [2.05, 4.69) is 12.2 Å². The molecule has 0 bridgehead atoms. The van der Waals surface area contributed by atoms with Gasteiger partial charge in [-0.2, -0.15) is 0 Å². The first kappa shape index (κ1) is 28.6. The number of nitrogens with one attached hydrogen (secondary N) is 1. The van der Waals surface area contributed by atoms with Crippen LogP contribution in [0, 0.1) is 5.92 Å². The van der Waals surface area contributed by atoms with E-state index < -0.39 is 24.2 Å². The minimum Gasteiger partial charge on any atom is -0.486 e. The summed E-state index contributed by atoms with van der Waals surface area (Å²) in [6.07, 6.45) is 13.6. The quantitative estimate of drug-likeness (QED) is 0.276. The van der Waals surface area contributed by atoms with Gasteiger partial charge in [0.25, 0.3) is 0 Å². The minimum atomic E-state index is -0.937.